The molecule has 1 fully saturated rings. The fourth-order valence-electron chi connectivity index (χ4n) is 3.31. The second-order valence-corrected chi connectivity index (χ2v) is 7.01. The van der Waals surface area contributed by atoms with Crippen LogP contribution in [0.5, 0.6) is 0 Å². The molecule has 0 aliphatic heterocycles. The lowest BCUT2D eigenvalue weighted by Gasteiger charge is -2.13. The number of anilines is 2. The quantitative estimate of drug-likeness (QED) is 0.744. The fraction of sp³-hybridized carbons (Fsp3) is 0.318. The van der Waals surface area contributed by atoms with Gasteiger partial charge in [-0.3, -0.25) is 14.4 Å². The smallest absolute Gasteiger partial charge is 0.309 e. The van der Waals surface area contributed by atoms with Crippen molar-refractivity contribution in [1.29, 1.82) is 0 Å². The van der Waals surface area contributed by atoms with E-state index < -0.39 is 5.91 Å². The van der Waals surface area contributed by atoms with E-state index in [1.807, 2.05) is 25.1 Å². The number of benzene rings is 2. The van der Waals surface area contributed by atoms with Gasteiger partial charge in [0.05, 0.1) is 17.2 Å². The molecule has 0 unspecified atom stereocenters. The lowest BCUT2D eigenvalue weighted by Crippen LogP contribution is -2.25. The van der Waals surface area contributed by atoms with Crippen LogP contribution in [0.1, 0.15) is 41.6 Å². The molecule has 2 N–H and O–H groups in total. The highest BCUT2D eigenvalue weighted by molar-refractivity contribution is 6.10. The number of hydrogen-bond acceptors (Lipinski definition) is 4. The Balaban J connectivity index is 1.60. The fourth-order valence-corrected chi connectivity index (χ4v) is 3.31. The average molecular weight is 380 g/mol. The number of ether oxygens (including phenoxy) is 1. The van der Waals surface area contributed by atoms with E-state index in [-0.39, 0.29) is 24.4 Å². The molecule has 1 saturated carbocycles. The molecule has 0 heterocycles. The van der Waals surface area contributed by atoms with Gasteiger partial charge < -0.3 is 15.4 Å². The summed E-state index contributed by atoms with van der Waals surface area (Å²) in [5.74, 6) is -1.22. The highest BCUT2D eigenvalue weighted by Crippen LogP contribution is 2.25. The molecule has 1 aliphatic carbocycles. The minimum Gasteiger partial charge on any atom is -0.455 e. The van der Waals surface area contributed by atoms with E-state index in [1.165, 1.54) is 0 Å². The van der Waals surface area contributed by atoms with Crippen LogP contribution < -0.4 is 10.6 Å². The van der Waals surface area contributed by atoms with Gasteiger partial charge in [0.1, 0.15) is 0 Å². The van der Waals surface area contributed by atoms with Crippen molar-refractivity contribution >= 4 is 29.2 Å². The highest BCUT2D eigenvalue weighted by atomic mass is 16.5. The zero-order valence-corrected chi connectivity index (χ0v) is 15.9. The molecule has 2 aromatic rings. The van der Waals surface area contributed by atoms with Gasteiger partial charge in [0, 0.05) is 5.69 Å². The summed E-state index contributed by atoms with van der Waals surface area (Å²) in [4.78, 5) is 36.8. The summed E-state index contributed by atoms with van der Waals surface area (Å²) >= 11 is 0. The zero-order valence-electron chi connectivity index (χ0n) is 15.9. The number of para-hydroxylation sites is 1. The second kappa shape index (κ2) is 9.17. The van der Waals surface area contributed by atoms with Gasteiger partial charge in [-0.2, -0.15) is 0 Å². The third-order valence-corrected chi connectivity index (χ3v) is 4.76. The molecule has 0 aromatic heterocycles. The molecule has 0 saturated heterocycles. The van der Waals surface area contributed by atoms with Crippen LogP contribution in [-0.2, 0) is 14.3 Å². The number of hydrogen-bond donors (Lipinski definition) is 2. The van der Waals surface area contributed by atoms with Crippen molar-refractivity contribution in [3.8, 4) is 0 Å². The maximum absolute atomic E-state index is 12.6. The number of aryl methyl sites for hydroxylation is 1. The summed E-state index contributed by atoms with van der Waals surface area (Å²) in [6, 6.07) is 14.2. The highest BCUT2D eigenvalue weighted by Gasteiger charge is 2.24. The van der Waals surface area contributed by atoms with E-state index in [2.05, 4.69) is 10.6 Å². The molecule has 2 amide bonds. The summed E-state index contributed by atoms with van der Waals surface area (Å²) in [5.41, 5.74) is 2.41. The Kier molecular flexibility index (Phi) is 6.42. The minimum atomic E-state index is -0.470. The van der Waals surface area contributed by atoms with E-state index in [0.717, 1.165) is 31.2 Å². The monoisotopic (exact) mass is 380 g/mol. The van der Waals surface area contributed by atoms with Crippen molar-refractivity contribution in [2.45, 2.75) is 32.6 Å². The Bertz CT molecular complexity index is 872. The van der Waals surface area contributed by atoms with E-state index in [1.54, 1.807) is 30.3 Å². The molecule has 2 aromatic carbocycles. The molecule has 0 radical (unpaired) electrons. The topological polar surface area (TPSA) is 84.5 Å². The minimum absolute atomic E-state index is 0.0970. The van der Waals surface area contributed by atoms with Crippen LogP contribution in [0.3, 0.4) is 0 Å². The van der Waals surface area contributed by atoms with Gasteiger partial charge >= 0.3 is 5.97 Å². The predicted molar refractivity (Wildman–Crippen MR) is 107 cm³/mol. The third-order valence-electron chi connectivity index (χ3n) is 4.76. The normalized spacial score (nSPS) is 13.8. The third kappa shape index (κ3) is 5.19. The number of amides is 2. The molecule has 1 aliphatic rings. The molecule has 0 bridgehead atoms. The van der Waals surface area contributed by atoms with Crippen LogP contribution in [0.4, 0.5) is 11.4 Å². The van der Waals surface area contributed by atoms with Gasteiger partial charge in [-0.25, -0.2) is 0 Å². The molecule has 6 nitrogen and oxygen atoms in total. The van der Waals surface area contributed by atoms with Crippen LogP contribution in [0.25, 0.3) is 0 Å². The van der Waals surface area contributed by atoms with Crippen molar-refractivity contribution < 1.29 is 19.1 Å². The van der Waals surface area contributed by atoms with E-state index in [4.69, 9.17) is 4.74 Å². The molecule has 28 heavy (non-hydrogen) atoms. The number of carbonyl (C=O) groups excluding carboxylic acids is 3. The maximum atomic E-state index is 12.6. The van der Waals surface area contributed by atoms with Crippen LogP contribution in [0.2, 0.25) is 0 Å². The van der Waals surface area contributed by atoms with Gasteiger partial charge in [0.25, 0.3) is 11.8 Å². The van der Waals surface area contributed by atoms with Gasteiger partial charge in [-0.15, -0.1) is 0 Å². The Labute approximate surface area is 164 Å². The first-order chi connectivity index (χ1) is 13.5. The predicted octanol–water partition coefficient (Wildman–Crippen LogP) is 3.92. The van der Waals surface area contributed by atoms with Gasteiger partial charge in [-0.1, -0.05) is 37.1 Å². The van der Waals surface area contributed by atoms with Crippen molar-refractivity contribution in [3.63, 3.8) is 0 Å². The summed E-state index contributed by atoms with van der Waals surface area (Å²) in [7, 11) is 0. The molecule has 0 atom stereocenters. The molecular weight excluding hydrogens is 356 g/mol. The van der Waals surface area contributed by atoms with E-state index in [9.17, 15) is 14.4 Å². The number of rotatable bonds is 6. The molecule has 146 valence electrons. The van der Waals surface area contributed by atoms with E-state index in [0.29, 0.717) is 16.9 Å². The van der Waals surface area contributed by atoms with Crippen LogP contribution >= 0.6 is 0 Å². The lowest BCUT2D eigenvalue weighted by atomic mass is 10.1. The summed E-state index contributed by atoms with van der Waals surface area (Å²) in [6.07, 6.45) is 3.69. The first-order valence-electron chi connectivity index (χ1n) is 9.46. The summed E-state index contributed by atoms with van der Waals surface area (Å²) < 4.78 is 5.12. The van der Waals surface area contributed by atoms with Gasteiger partial charge in [-0.05, 0) is 49.6 Å². The Morgan fingerprint density at radius 2 is 1.75 bits per heavy atom. The van der Waals surface area contributed by atoms with E-state index >= 15 is 0 Å². The second-order valence-electron chi connectivity index (χ2n) is 7.01. The van der Waals surface area contributed by atoms with Crippen molar-refractivity contribution in [2.75, 3.05) is 17.2 Å². The number of nitrogens with one attached hydrogen (secondary N) is 2. The SMILES string of the molecule is Cc1cccc(NC(=O)c2ccccc2NC(=O)COC(=O)C2CCCC2)c1. The number of esters is 1. The maximum Gasteiger partial charge on any atom is 0.309 e. The lowest BCUT2D eigenvalue weighted by molar-refractivity contribution is -0.151. The molecular formula is C22H24N2O4. The van der Waals surface area contributed by atoms with Gasteiger partial charge in [0.15, 0.2) is 6.61 Å². The van der Waals surface area contributed by atoms with Gasteiger partial charge in [0.2, 0.25) is 0 Å². The average Bonchev–Trinajstić information content (AvgIpc) is 3.21. The first-order valence-corrected chi connectivity index (χ1v) is 9.46. The largest absolute Gasteiger partial charge is 0.455 e. The Hall–Kier alpha value is -3.15. The van der Waals surface area contributed by atoms with Crippen molar-refractivity contribution in [1.82, 2.24) is 0 Å². The molecule has 3 rings (SSSR count). The molecule has 6 heteroatoms. The summed E-state index contributed by atoms with van der Waals surface area (Å²) in [5, 5.41) is 5.48. The van der Waals surface area contributed by atoms with Crippen LogP contribution in [-0.4, -0.2) is 24.4 Å². The Morgan fingerprint density at radius 1 is 1.00 bits per heavy atom. The molecule has 0 spiro atoms. The first kappa shape index (κ1) is 19.6. The van der Waals surface area contributed by atoms with Crippen molar-refractivity contribution in [3.05, 3.63) is 59.7 Å². The van der Waals surface area contributed by atoms with Crippen molar-refractivity contribution in [2.24, 2.45) is 5.92 Å². The standard InChI is InChI=1S/C22H24N2O4/c1-15-7-6-10-17(13-15)23-21(26)18-11-4-5-12-19(18)24-20(25)14-28-22(27)16-8-2-3-9-16/h4-7,10-13,16H,2-3,8-9,14H2,1H3,(H,23,26)(H,24,25). The number of carbonyl (C=O) groups is 3. The Morgan fingerprint density at radius 3 is 2.50 bits per heavy atom. The van der Waals surface area contributed by atoms with Crippen LogP contribution in [0, 0.1) is 12.8 Å². The summed E-state index contributed by atoms with van der Waals surface area (Å²) in [6.45, 7) is 1.58. The van der Waals surface area contributed by atoms with Crippen LogP contribution in [0.15, 0.2) is 48.5 Å². The zero-order chi connectivity index (χ0) is 19.9.